The first-order chi connectivity index (χ1) is 18.2. The zero-order valence-corrected chi connectivity index (χ0v) is 23.4. The van der Waals surface area contributed by atoms with Crippen molar-refractivity contribution in [2.75, 3.05) is 6.54 Å². The summed E-state index contributed by atoms with van der Waals surface area (Å²) < 4.78 is 11.9. The van der Waals surface area contributed by atoms with Crippen molar-refractivity contribution < 1.29 is 24.2 Å². The van der Waals surface area contributed by atoms with E-state index in [0.717, 1.165) is 32.4 Å². The fraction of sp³-hybridized carbons (Fsp3) is 0.625. The molecule has 4 rings (SSSR count). The molecule has 6 nitrogen and oxygen atoms in total. The Morgan fingerprint density at radius 2 is 1.95 bits per heavy atom. The number of hydrogen-bond donors (Lipinski definition) is 2. The van der Waals surface area contributed by atoms with Crippen molar-refractivity contribution in [3.63, 3.8) is 0 Å². The molecule has 38 heavy (non-hydrogen) atoms. The maximum Gasteiger partial charge on any atom is 0.311 e. The Bertz CT molecular complexity index is 1020. The molecule has 0 unspecified atom stereocenters. The molecule has 3 aliphatic rings. The Hall–Kier alpha value is -2.44. The number of hydrogen-bond acceptors (Lipinski definition) is 6. The predicted octanol–water partition coefficient (Wildman–Crippen LogP) is 5.36. The number of fused-ring (bicyclic) bond motifs is 1. The van der Waals surface area contributed by atoms with Crippen molar-refractivity contribution in [3.05, 3.63) is 59.7 Å². The van der Waals surface area contributed by atoms with Crippen molar-refractivity contribution in [2.45, 2.75) is 91.1 Å². The summed E-state index contributed by atoms with van der Waals surface area (Å²) in [7, 11) is 0. The number of carbonyl (C=O) groups is 2. The lowest BCUT2D eigenvalue weighted by Crippen LogP contribution is -2.44. The van der Waals surface area contributed by atoms with Crippen LogP contribution in [0, 0.1) is 29.1 Å². The molecule has 6 heteroatoms. The Morgan fingerprint density at radius 1 is 1.18 bits per heavy atom. The molecular weight excluding hydrogens is 478 g/mol. The van der Waals surface area contributed by atoms with Gasteiger partial charge >= 0.3 is 11.9 Å². The summed E-state index contributed by atoms with van der Waals surface area (Å²) >= 11 is 0. The third-order valence-corrected chi connectivity index (χ3v) is 8.81. The number of carbonyl (C=O) groups excluding carboxylic acids is 2. The molecule has 208 valence electrons. The van der Waals surface area contributed by atoms with E-state index in [9.17, 15) is 14.7 Å². The average Bonchev–Trinajstić information content (AvgIpc) is 2.88. The summed E-state index contributed by atoms with van der Waals surface area (Å²) in [5.74, 6) is 0.511. The standard InChI is InChI=1S/C32H45NO5/c1-5-32(3,4)31(36)38-28-16-23(20-33-19-22-9-7-6-8-10-22)15-24-12-11-21(2)27(30(24)28)14-13-26-17-25(34)18-29(35)37-26/h6-12,15,21,23,25-28,30,33-34H,5,13-14,16-20H2,1-4H3/t21-,23-,25+,26+,27-,28-,30-/m0/s1. The molecule has 7 atom stereocenters. The van der Waals surface area contributed by atoms with Gasteiger partial charge in [0.25, 0.3) is 0 Å². The highest BCUT2D eigenvalue weighted by molar-refractivity contribution is 5.76. The molecule has 0 amide bonds. The molecule has 0 aromatic heterocycles. The van der Waals surface area contributed by atoms with E-state index in [4.69, 9.17) is 9.47 Å². The molecule has 1 saturated heterocycles. The van der Waals surface area contributed by atoms with Gasteiger partial charge < -0.3 is 19.9 Å². The van der Waals surface area contributed by atoms with Crippen LogP contribution in [-0.2, 0) is 25.6 Å². The minimum atomic E-state index is -0.621. The lowest BCUT2D eigenvalue weighted by atomic mass is 9.65. The molecule has 1 aromatic rings. The smallest absolute Gasteiger partial charge is 0.311 e. The van der Waals surface area contributed by atoms with Gasteiger partial charge in [0.1, 0.15) is 12.2 Å². The number of aliphatic hydroxyl groups excluding tert-OH is 1. The summed E-state index contributed by atoms with van der Waals surface area (Å²) in [6.07, 6.45) is 9.44. The first kappa shape index (κ1) is 28.6. The largest absolute Gasteiger partial charge is 0.462 e. The van der Waals surface area contributed by atoms with E-state index in [1.54, 1.807) is 0 Å². The van der Waals surface area contributed by atoms with E-state index in [-0.39, 0.29) is 48.3 Å². The van der Waals surface area contributed by atoms with Crippen molar-refractivity contribution >= 4 is 11.9 Å². The van der Waals surface area contributed by atoms with Crippen LogP contribution in [0.2, 0.25) is 0 Å². The molecule has 1 aliphatic heterocycles. The maximum absolute atomic E-state index is 13.2. The van der Waals surface area contributed by atoms with Gasteiger partial charge in [0.2, 0.25) is 0 Å². The van der Waals surface area contributed by atoms with Crippen LogP contribution in [0.15, 0.2) is 54.1 Å². The van der Waals surface area contributed by atoms with Crippen LogP contribution in [0.3, 0.4) is 0 Å². The Morgan fingerprint density at radius 3 is 2.66 bits per heavy atom. The third kappa shape index (κ3) is 7.15. The highest BCUT2D eigenvalue weighted by Crippen LogP contribution is 2.45. The topological polar surface area (TPSA) is 84.9 Å². The fourth-order valence-corrected chi connectivity index (χ4v) is 6.09. The Balaban J connectivity index is 1.50. The number of rotatable bonds is 10. The Kier molecular flexibility index (Phi) is 9.48. The number of ether oxygens (including phenoxy) is 2. The van der Waals surface area contributed by atoms with Crippen molar-refractivity contribution in [1.29, 1.82) is 0 Å². The number of esters is 2. The average molecular weight is 524 g/mol. The highest BCUT2D eigenvalue weighted by atomic mass is 16.6. The van der Waals surface area contributed by atoms with Crippen LogP contribution in [-0.4, -0.2) is 41.9 Å². The molecule has 1 fully saturated rings. The Labute approximate surface area is 227 Å². The molecule has 1 heterocycles. The van der Waals surface area contributed by atoms with Gasteiger partial charge in [-0.15, -0.1) is 0 Å². The van der Waals surface area contributed by atoms with Crippen LogP contribution in [0.25, 0.3) is 0 Å². The molecular formula is C32H45NO5. The second-order valence-corrected chi connectivity index (χ2v) is 12.2. The van der Waals surface area contributed by atoms with Crippen molar-refractivity contribution in [2.24, 2.45) is 29.1 Å². The van der Waals surface area contributed by atoms with E-state index in [0.29, 0.717) is 18.8 Å². The van der Waals surface area contributed by atoms with Gasteiger partial charge in [-0.05, 0) is 68.4 Å². The molecule has 0 bridgehead atoms. The van der Waals surface area contributed by atoms with E-state index in [1.165, 1.54) is 11.1 Å². The normalized spacial score (nSPS) is 31.2. The first-order valence-electron chi connectivity index (χ1n) is 14.4. The molecule has 0 spiro atoms. The minimum absolute atomic E-state index is 0.0829. The van der Waals surface area contributed by atoms with Crippen LogP contribution in [0.1, 0.15) is 71.8 Å². The third-order valence-electron chi connectivity index (χ3n) is 8.81. The van der Waals surface area contributed by atoms with Gasteiger partial charge in [-0.25, -0.2) is 0 Å². The van der Waals surface area contributed by atoms with Gasteiger partial charge in [-0.3, -0.25) is 9.59 Å². The quantitative estimate of drug-likeness (QED) is 0.402. The summed E-state index contributed by atoms with van der Waals surface area (Å²) in [4.78, 5) is 25.1. The molecule has 2 aliphatic carbocycles. The van der Waals surface area contributed by atoms with Gasteiger partial charge in [0.15, 0.2) is 0 Å². The summed E-state index contributed by atoms with van der Waals surface area (Å²) in [6.45, 7) is 9.79. The van der Waals surface area contributed by atoms with Gasteiger partial charge in [-0.1, -0.05) is 62.4 Å². The van der Waals surface area contributed by atoms with Crippen LogP contribution in [0.4, 0.5) is 0 Å². The number of benzene rings is 1. The SMILES string of the molecule is CCC(C)(C)C(=O)O[C@H]1C[C@@H](CNCc2ccccc2)C=C2C=C[C@H](C)[C@H](CC[C@@H]3C[C@@H](O)CC(=O)O3)[C@H]21. The predicted molar refractivity (Wildman–Crippen MR) is 148 cm³/mol. The lowest BCUT2D eigenvalue weighted by molar-refractivity contribution is -0.166. The number of nitrogens with one attached hydrogen (secondary N) is 1. The van der Waals surface area contributed by atoms with E-state index in [1.807, 2.05) is 26.8 Å². The monoisotopic (exact) mass is 523 g/mol. The molecule has 1 aromatic carbocycles. The second-order valence-electron chi connectivity index (χ2n) is 12.2. The molecule has 0 saturated carbocycles. The number of cyclic esters (lactones) is 1. The zero-order chi connectivity index (χ0) is 27.3. The van der Waals surface area contributed by atoms with Crippen LogP contribution >= 0.6 is 0 Å². The zero-order valence-electron chi connectivity index (χ0n) is 23.4. The van der Waals surface area contributed by atoms with Crippen molar-refractivity contribution in [1.82, 2.24) is 5.32 Å². The molecule has 2 N–H and O–H groups in total. The second kappa shape index (κ2) is 12.6. The first-order valence-corrected chi connectivity index (χ1v) is 14.4. The summed E-state index contributed by atoms with van der Waals surface area (Å²) in [6, 6.07) is 10.4. The van der Waals surface area contributed by atoms with E-state index < -0.39 is 11.5 Å². The summed E-state index contributed by atoms with van der Waals surface area (Å²) in [5.41, 5.74) is 1.97. The molecule has 0 radical (unpaired) electrons. The van der Waals surface area contributed by atoms with Gasteiger partial charge in [-0.2, -0.15) is 0 Å². The number of allylic oxidation sites excluding steroid dienone is 2. The maximum atomic E-state index is 13.2. The van der Waals surface area contributed by atoms with Crippen molar-refractivity contribution in [3.8, 4) is 0 Å². The van der Waals surface area contributed by atoms with Crippen LogP contribution < -0.4 is 5.32 Å². The van der Waals surface area contributed by atoms with Gasteiger partial charge in [0, 0.05) is 25.4 Å². The van der Waals surface area contributed by atoms with Gasteiger partial charge in [0.05, 0.1) is 17.9 Å². The summed E-state index contributed by atoms with van der Waals surface area (Å²) in [5, 5.41) is 13.7. The highest BCUT2D eigenvalue weighted by Gasteiger charge is 2.43. The van der Waals surface area contributed by atoms with E-state index in [2.05, 4.69) is 54.7 Å². The fourth-order valence-electron chi connectivity index (χ4n) is 6.09. The number of aliphatic hydroxyl groups is 1. The minimum Gasteiger partial charge on any atom is -0.462 e. The van der Waals surface area contributed by atoms with E-state index >= 15 is 0 Å². The van der Waals surface area contributed by atoms with Crippen LogP contribution in [0.5, 0.6) is 0 Å². The lowest BCUT2D eigenvalue weighted by Gasteiger charge is -2.44.